The Balaban J connectivity index is 2.34. The second-order valence-electron chi connectivity index (χ2n) is 4.03. The molecule has 1 aromatic carbocycles. The van der Waals surface area contributed by atoms with E-state index in [1.54, 1.807) is 0 Å². The number of hydrogen-bond donors (Lipinski definition) is 2. The number of carboxylic acid groups (broad SMARTS) is 1. The molecule has 0 fully saturated rings. The van der Waals surface area contributed by atoms with Gasteiger partial charge in [-0.3, -0.25) is 4.79 Å². The molecule has 0 aliphatic carbocycles. The summed E-state index contributed by atoms with van der Waals surface area (Å²) in [6, 6.07) is 5.66. The van der Waals surface area contributed by atoms with Crippen molar-refractivity contribution in [3.63, 3.8) is 0 Å². The fourth-order valence-corrected chi connectivity index (χ4v) is 2.74. The van der Waals surface area contributed by atoms with Crippen molar-refractivity contribution in [2.75, 3.05) is 0 Å². The molecule has 1 unspecified atom stereocenters. The number of aromatic nitrogens is 1. The predicted molar refractivity (Wildman–Crippen MR) is 68.2 cm³/mol. The van der Waals surface area contributed by atoms with Crippen LogP contribution in [0.15, 0.2) is 18.2 Å². The number of rotatable bonds is 4. The number of aryl methyl sites for hydroxylation is 1. The molecule has 5 heteroatoms. The molecule has 0 saturated carbocycles. The van der Waals surface area contributed by atoms with Gasteiger partial charge in [0.25, 0.3) is 0 Å². The summed E-state index contributed by atoms with van der Waals surface area (Å²) in [5.41, 5.74) is 8.01. The average molecular weight is 250 g/mol. The molecule has 0 radical (unpaired) electrons. The zero-order valence-corrected chi connectivity index (χ0v) is 10.3. The van der Waals surface area contributed by atoms with Gasteiger partial charge in [-0.15, -0.1) is 0 Å². The number of nitrogens with zero attached hydrogens (tertiary/aromatic N) is 1. The van der Waals surface area contributed by atoms with Crippen LogP contribution in [-0.2, 0) is 4.79 Å². The molecule has 0 aliphatic rings. The molecular formula is C12H14N2O2S. The summed E-state index contributed by atoms with van der Waals surface area (Å²) in [4.78, 5) is 10.5. The largest absolute Gasteiger partial charge is 0.481 e. The third kappa shape index (κ3) is 2.45. The van der Waals surface area contributed by atoms with E-state index in [1.165, 1.54) is 11.5 Å². The van der Waals surface area contributed by atoms with Crippen LogP contribution in [0.2, 0.25) is 0 Å². The minimum absolute atomic E-state index is 0.0914. The average Bonchev–Trinajstić information content (AvgIpc) is 2.68. The van der Waals surface area contributed by atoms with Gasteiger partial charge >= 0.3 is 5.97 Å². The molecule has 2 aromatic rings. The van der Waals surface area contributed by atoms with Crippen molar-refractivity contribution < 1.29 is 9.90 Å². The molecule has 90 valence electrons. The highest BCUT2D eigenvalue weighted by Crippen LogP contribution is 2.30. The maximum absolute atomic E-state index is 10.5. The summed E-state index contributed by atoms with van der Waals surface area (Å²) in [6.07, 6.45) is 0.540. The molecule has 0 bridgehead atoms. The monoisotopic (exact) mass is 250 g/mol. The highest BCUT2D eigenvalue weighted by molar-refractivity contribution is 7.13. The van der Waals surface area contributed by atoms with Crippen molar-refractivity contribution in [3.8, 4) is 0 Å². The summed E-state index contributed by atoms with van der Waals surface area (Å²) in [7, 11) is 0. The van der Waals surface area contributed by atoms with E-state index in [-0.39, 0.29) is 12.5 Å². The molecule has 0 saturated heterocycles. The lowest BCUT2D eigenvalue weighted by atomic mass is 9.98. The first-order valence-corrected chi connectivity index (χ1v) is 6.19. The van der Waals surface area contributed by atoms with E-state index >= 15 is 0 Å². The van der Waals surface area contributed by atoms with E-state index in [4.69, 9.17) is 10.8 Å². The Labute approximate surface area is 103 Å². The summed E-state index contributed by atoms with van der Waals surface area (Å²) in [5.74, 6) is -0.812. The van der Waals surface area contributed by atoms with E-state index in [0.29, 0.717) is 6.42 Å². The van der Waals surface area contributed by atoms with Gasteiger partial charge < -0.3 is 10.8 Å². The van der Waals surface area contributed by atoms with E-state index in [0.717, 1.165) is 21.3 Å². The van der Waals surface area contributed by atoms with E-state index in [9.17, 15) is 4.79 Å². The van der Waals surface area contributed by atoms with Crippen molar-refractivity contribution in [3.05, 3.63) is 29.5 Å². The van der Waals surface area contributed by atoms with Crippen LogP contribution in [0.5, 0.6) is 0 Å². The Morgan fingerprint density at radius 2 is 2.35 bits per heavy atom. The number of hydrogen-bond acceptors (Lipinski definition) is 4. The van der Waals surface area contributed by atoms with Crippen LogP contribution >= 0.6 is 11.5 Å². The van der Waals surface area contributed by atoms with Crippen molar-refractivity contribution in [2.45, 2.75) is 25.8 Å². The molecule has 17 heavy (non-hydrogen) atoms. The molecule has 3 N–H and O–H groups in total. The van der Waals surface area contributed by atoms with Crippen molar-refractivity contribution >= 4 is 27.6 Å². The Hall–Kier alpha value is -1.46. The molecule has 0 spiro atoms. The third-order valence-corrected chi connectivity index (χ3v) is 3.67. The standard InChI is InChI=1S/C12H14N2O2S/c1-7-12-8(9(13)5-6-11(15)16)3-2-4-10(12)17-14-7/h2-4,9H,5-6,13H2,1H3,(H,15,16). The lowest BCUT2D eigenvalue weighted by molar-refractivity contribution is -0.137. The van der Waals surface area contributed by atoms with Crippen molar-refractivity contribution in [1.82, 2.24) is 4.37 Å². The van der Waals surface area contributed by atoms with Crippen LogP contribution in [0.4, 0.5) is 0 Å². The number of carboxylic acids is 1. The number of fused-ring (bicyclic) bond motifs is 1. The number of carbonyl (C=O) groups is 1. The summed E-state index contributed by atoms with van der Waals surface area (Å²) in [6.45, 7) is 1.95. The van der Waals surface area contributed by atoms with E-state index in [2.05, 4.69) is 4.37 Å². The second-order valence-corrected chi connectivity index (χ2v) is 4.83. The van der Waals surface area contributed by atoms with Gasteiger partial charge in [0.1, 0.15) is 0 Å². The van der Waals surface area contributed by atoms with Gasteiger partial charge in [-0.2, -0.15) is 4.37 Å². The smallest absolute Gasteiger partial charge is 0.303 e. The lowest BCUT2D eigenvalue weighted by Gasteiger charge is -2.12. The third-order valence-electron chi connectivity index (χ3n) is 2.77. The van der Waals surface area contributed by atoms with Gasteiger partial charge in [-0.1, -0.05) is 12.1 Å². The van der Waals surface area contributed by atoms with Gasteiger partial charge in [0.05, 0.1) is 10.4 Å². The fraction of sp³-hybridized carbons (Fsp3) is 0.333. The van der Waals surface area contributed by atoms with E-state index < -0.39 is 5.97 Å². The van der Waals surface area contributed by atoms with Gasteiger partial charge in [-0.25, -0.2) is 0 Å². The van der Waals surface area contributed by atoms with Gasteiger partial charge in [0.2, 0.25) is 0 Å². The fourth-order valence-electron chi connectivity index (χ4n) is 1.92. The van der Waals surface area contributed by atoms with Crippen LogP contribution < -0.4 is 5.73 Å². The molecule has 1 atom stereocenters. The van der Waals surface area contributed by atoms with Crippen LogP contribution in [0, 0.1) is 6.92 Å². The zero-order valence-electron chi connectivity index (χ0n) is 9.51. The first kappa shape index (κ1) is 12.0. The Kier molecular flexibility index (Phi) is 3.40. The maximum Gasteiger partial charge on any atom is 0.303 e. The lowest BCUT2D eigenvalue weighted by Crippen LogP contribution is -2.12. The first-order chi connectivity index (χ1) is 8.09. The zero-order chi connectivity index (χ0) is 12.4. The molecule has 1 heterocycles. The SMILES string of the molecule is Cc1nsc2cccc(C(N)CCC(=O)O)c12. The van der Waals surface area contributed by atoms with Gasteiger partial charge in [0.15, 0.2) is 0 Å². The normalized spacial score (nSPS) is 12.8. The Morgan fingerprint density at radius 3 is 3.06 bits per heavy atom. The van der Waals surface area contributed by atoms with Crippen molar-refractivity contribution in [2.24, 2.45) is 5.73 Å². The quantitative estimate of drug-likeness (QED) is 0.874. The molecule has 2 rings (SSSR count). The van der Waals surface area contributed by atoms with Crippen LogP contribution in [0.3, 0.4) is 0 Å². The van der Waals surface area contributed by atoms with Crippen LogP contribution in [0.1, 0.15) is 30.1 Å². The predicted octanol–water partition coefficient (Wildman–Crippen LogP) is 2.47. The van der Waals surface area contributed by atoms with Gasteiger partial charge in [0, 0.05) is 17.8 Å². The molecular weight excluding hydrogens is 236 g/mol. The maximum atomic E-state index is 10.5. The number of aliphatic carboxylic acids is 1. The highest BCUT2D eigenvalue weighted by Gasteiger charge is 2.14. The molecule has 0 amide bonds. The minimum Gasteiger partial charge on any atom is -0.481 e. The Morgan fingerprint density at radius 1 is 1.59 bits per heavy atom. The van der Waals surface area contributed by atoms with Crippen molar-refractivity contribution in [1.29, 1.82) is 0 Å². The summed E-state index contributed by atoms with van der Waals surface area (Å²) < 4.78 is 5.41. The molecule has 4 nitrogen and oxygen atoms in total. The number of nitrogens with two attached hydrogens (primary N) is 1. The van der Waals surface area contributed by atoms with Gasteiger partial charge in [-0.05, 0) is 36.5 Å². The molecule has 0 aliphatic heterocycles. The number of benzene rings is 1. The Bertz CT molecular complexity index is 550. The minimum atomic E-state index is -0.812. The van der Waals surface area contributed by atoms with Crippen LogP contribution in [-0.4, -0.2) is 15.4 Å². The summed E-state index contributed by atoms with van der Waals surface area (Å²) >= 11 is 1.45. The summed E-state index contributed by atoms with van der Waals surface area (Å²) in [5, 5.41) is 9.75. The molecule has 1 aromatic heterocycles. The van der Waals surface area contributed by atoms with Crippen LogP contribution in [0.25, 0.3) is 10.1 Å². The highest BCUT2D eigenvalue weighted by atomic mass is 32.1. The first-order valence-electron chi connectivity index (χ1n) is 5.42. The van der Waals surface area contributed by atoms with E-state index in [1.807, 2.05) is 25.1 Å². The topological polar surface area (TPSA) is 76.2 Å². The second kappa shape index (κ2) is 4.81.